The highest BCUT2D eigenvalue weighted by Crippen LogP contribution is 2.14. The predicted octanol–water partition coefficient (Wildman–Crippen LogP) is 3.35. The molecule has 0 heterocycles. The summed E-state index contributed by atoms with van der Waals surface area (Å²) in [5, 5.41) is 0. The molecular formula is C13H15N. The third kappa shape index (κ3) is 3.02. The lowest BCUT2D eigenvalue weighted by Crippen LogP contribution is -1.79. The van der Waals surface area contributed by atoms with Crippen LogP contribution in [0, 0.1) is 0 Å². The molecule has 14 heavy (non-hydrogen) atoms. The molecule has 1 aromatic rings. The maximum atomic E-state index is 3.90. The van der Waals surface area contributed by atoms with Crippen LogP contribution >= 0.6 is 0 Å². The molecule has 0 radical (unpaired) electrons. The van der Waals surface area contributed by atoms with Gasteiger partial charge in [-0.2, -0.15) is 0 Å². The fourth-order valence-electron chi connectivity index (χ4n) is 1.22. The highest BCUT2D eigenvalue weighted by molar-refractivity contribution is 5.80. The van der Waals surface area contributed by atoms with Crippen molar-refractivity contribution in [3.05, 3.63) is 54.1 Å². The molecule has 0 N–H and O–H groups in total. The van der Waals surface area contributed by atoms with Gasteiger partial charge in [-0.15, -0.1) is 0 Å². The van der Waals surface area contributed by atoms with E-state index in [2.05, 4.69) is 29.3 Å². The summed E-state index contributed by atoms with van der Waals surface area (Å²) in [7, 11) is 1.77. The molecule has 1 heteroatoms. The van der Waals surface area contributed by atoms with E-state index in [0.717, 1.165) is 0 Å². The third-order valence-corrected chi connectivity index (χ3v) is 1.93. The van der Waals surface area contributed by atoms with Gasteiger partial charge < -0.3 is 0 Å². The van der Waals surface area contributed by atoms with Gasteiger partial charge in [-0.3, -0.25) is 4.99 Å². The summed E-state index contributed by atoms with van der Waals surface area (Å²) in [5.74, 6) is 0. The van der Waals surface area contributed by atoms with Crippen LogP contribution in [-0.2, 0) is 0 Å². The second kappa shape index (κ2) is 5.92. The quantitative estimate of drug-likeness (QED) is 0.506. The summed E-state index contributed by atoms with van der Waals surface area (Å²) in [6.45, 7) is 2.04. The van der Waals surface area contributed by atoms with E-state index < -0.39 is 0 Å². The maximum Gasteiger partial charge on any atom is 0.0277 e. The van der Waals surface area contributed by atoms with Crippen LogP contribution in [-0.4, -0.2) is 13.3 Å². The Kier molecular flexibility index (Phi) is 4.42. The number of hydrogen-bond donors (Lipinski definition) is 0. The van der Waals surface area contributed by atoms with Crippen LogP contribution in [0.15, 0.2) is 53.6 Å². The van der Waals surface area contributed by atoms with Gasteiger partial charge >= 0.3 is 0 Å². The lowest BCUT2D eigenvalue weighted by molar-refractivity contribution is 1.48. The molecule has 0 unspecified atom stereocenters. The summed E-state index contributed by atoms with van der Waals surface area (Å²) in [5.41, 5.74) is 2.45. The minimum Gasteiger partial charge on any atom is -0.297 e. The Morgan fingerprint density at radius 1 is 1.21 bits per heavy atom. The van der Waals surface area contributed by atoms with Crippen molar-refractivity contribution in [1.82, 2.24) is 0 Å². The summed E-state index contributed by atoms with van der Waals surface area (Å²) in [6, 6.07) is 10.3. The zero-order chi connectivity index (χ0) is 10.2. The SMILES string of the molecule is C/C=C(\C=C/C=NC)c1ccccc1. The van der Waals surface area contributed by atoms with E-state index in [9.17, 15) is 0 Å². The van der Waals surface area contributed by atoms with Crippen molar-refractivity contribution >= 4 is 11.8 Å². The molecule has 0 atom stereocenters. The smallest absolute Gasteiger partial charge is 0.0277 e. The first-order valence-corrected chi connectivity index (χ1v) is 4.69. The van der Waals surface area contributed by atoms with Gasteiger partial charge in [0.25, 0.3) is 0 Å². The van der Waals surface area contributed by atoms with Crippen molar-refractivity contribution < 1.29 is 0 Å². The predicted molar refractivity (Wildman–Crippen MR) is 63.6 cm³/mol. The van der Waals surface area contributed by atoms with Crippen molar-refractivity contribution in [3.63, 3.8) is 0 Å². The van der Waals surface area contributed by atoms with Crippen LogP contribution in [0.25, 0.3) is 5.57 Å². The van der Waals surface area contributed by atoms with Crippen LogP contribution in [0.1, 0.15) is 12.5 Å². The summed E-state index contributed by atoms with van der Waals surface area (Å²) < 4.78 is 0. The van der Waals surface area contributed by atoms with Crippen molar-refractivity contribution in [3.8, 4) is 0 Å². The Balaban J connectivity index is 2.85. The van der Waals surface area contributed by atoms with Crippen LogP contribution in [0.4, 0.5) is 0 Å². The van der Waals surface area contributed by atoms with Gasteiger partial charge in [-0.05, 0) is 24.1 Å². The van der Waals surface area contributed by atoms with Gasteiger partial charge in [-0.1, -0.05) is 42.5 Å². The topological polar surface area (TPSA) is 12.4 Å². The van der Waals surface area contributed by atoms with Crippen molar-refractivity contribution in [1.29, 1.82) is 0 Å². The number of allylic oxidation sites excluding steroid dienone is 4. The van der Waals surface area contributed by atoms with E-state index in [1.807, 2.05) is 31.2 Å². The molecule has 0 aliphatic carbocycles. The molecule has 1 rings (SSSR count). The Morgan fingerprint density at radius 3 is 2.50 bits per heavy atom. The van der Waals surface area contributed by atoms with Crippen molar-refractivity contribution in [2.75, 3.05) is 7.05 Å². The zero-order valence-corrected chi connectivity index (χ0v) is 8.64. The first-order chi connectivity index (χ1) is 6.88. The molecule has 0 saturated carbocycles. The fourth-order valence-corrected chi connectivity index (χ4v) is 1.22. The standard InChI is InChI=1S/C13H15N/c1-3-12(10-7-11-14-2)13-8-5-4-6-9-13/h3-11H,1-2H3/b10-7-,12-3+,14-11?. The lowest BCUT2D eigenvalue weighted by atomic mass is 10.1. The third-order valence-electron chi connectivity index (χ3n) is 1.93. The molecule has 1 nitrogen and oxygen atoms in total. The van der Waals surface area contributed by atoms with Crippen molar-refractivity contribution in [2.24, 2.45) is 4.99 Å². The average Bonchev–Trinajstić information content (AvgIpc) is 2.26. The van der Waals surface area contributed by atoms with E-state index in [4.69, 9.17) is 0 Å². The van der Waals surface area contributed by atoms with Crippen molar-refractivity contribution in [2.45, 2.75) is 6.92 Å². The molecule has 0 amide bonds. The van der Waals surface area contributed by atoms with Gasteiger partial charge in [-0.25, -0.2) is 0 Å². The number of hydrogen-bond acceptors (Lipinski definition) is 1. The number of nitrogens with zero attached hydrogens (tertiary/aromatic N) is 1. The van der Waals surface area contributed by atoms with E-state index >= 15 is 0 Å². The molecule has 0 spiro atoms. The largest absolute Gasteiger partial charge is 0.297 e. The second-order valence-electron chi connectivity index (χ2n) is 2.88. The van der Waals surface area contributed by atoms with Gasteiger partial charge in [0.1, 0.15) is 0 Å². The minimum atomic E-state index is 1.21. The summed E-state index contributed by atoms with van der Waals surface area (Å²) in [4.78, 5) is 3.90. The van der Waals surface area contributed by atoms with E-state index in [-0.39, 0.29) is 0 Å². The molecule has 0 aromatic heterocycles. The minimum absolute atomic E-state index is 1.21. The highest BCUT2D eigenvalue weighted by Gasteiger charge is 1.92. The van der Waals surface area contributed by atoms with Crippen LogP contribution < -0.4 is 0 Å². The monoisotopic (exact) mass is 185 g/mol. The molecule has 0 bridgehead atoms. The van der Waals surface area contributed by atoms with Gasteiger partial charge in [0.05, 0.1) is 0 Å². The Hall–Kier alpha value is -1.63. The number of aliphatic imine (C=N–C) groups is 1. The van der Waals surface area contributed by atoms with Gasteiger partial charge in [0, 0.05) is 13.3 Å². The van der Waals surface area contributed by atoms with Gasteiger partial charge in [0.15, 0.2) is 0 Å². The second-order valence-corrected chi connectivity index (χ2v) is 2.88. The first kappa shape index (κ1) is 10.5. The number of rotatable bonds is 3. The Morgan fingerprint density at radius 2 is 1.93 bits per heavy atom. The molecule has 0 aliphatic rings. The van der Waals surface area contributed by atoms with Crippen LogP contribution in [0.3, 0.4) is 0 Å². The van der Waals surface area contributed by atoms with Gasteiger partial charge in [0.2, 0.25) is 0 Å². The fraction of sp³-hybridized carbons (Fsp3) is 0.154. The van der Waals surface area contributed by atoms with Crippen LogP contribution in [0.2, 0.25) is 0 Å². The average molecular weight is 185 g/mol. The van der Waals surface area contributed by atoms with Crippen LogP contribution in [0.5, 0.6) is 0 Å². The summed E-state index contributed by atoms with van der Waals surface area (Å²) in [6.07, 6.45) is 7.88. The first-order valence-electron chi connectivity index (χ1n) is 4.69. The Bertz CT molecular complexity index is 345. The maximum absolute atomic E-state index is 3.90. The molecule has 0 fully saturated rings. The normalized spacial score (nSPS) is 12.9. The van der Waals surface area contributed by atoms with E-state index in [0.29, 0.717) is 0 Å². The lowest BCUT2D eigenvalue weighted by Gasteiger charge is -1.99. The van der Waals surface area contributed by atoms with E-state index in [1.54, 1.807) is 13.3 Å². The number of benzene rings is 1. The molecule has 0 aliphatic heterocycles. The Labute approximate surface area is 85.5 Å². The summed E-state index contributed by atoms with van der Waals surface area (Å²) >= 11 is 0. The molecule has 72 valence electrons. The van der Waals surface area contributed by atoms with E-state index in [1.165, 1.54) is 11.1 Å². The molecule has 0 saturated heterocycles. The molecule has 1 aromatic carbocycles. The zero-order valence-electron chi connectivity index (χ0n) is 8.64. The molecular weight excluding hydrogens is 170 g/mol. The highest BCUT2D eigenvalue weighted by atomic mass is 14.6.